The number of esters is 1. The Hall–Kier alpha value is -2.71. The van der Waals surface area contributed by atoms with E-state index >= 15 is 0 Å². The number of hydrogen-bond donors (Lipinski definition) is 2. The second kappa shape index (κ2) is 7.61. The van der Waals surface area contributed by atoms with Crippen LogP contribution in [0.25, 0.3) is 11.3 Å². The van der Waals surface area contributed by atoms with E-state index in [0.717, 1.165) is 22.4 Å². The number of rotatable bonds is 5. The van der Waals surface area contributed by atoms with E-state index in [1.54, 1.807) is 7.11 Å². The lowest BCUT2D eigenvalue weighted by molar-refractivity contribution is -0.164. The minimum atomic E-state index is -0.574. The zero-order valence-corrected chi connectivity index (χ0v) is 17.7. The first-order valence-corrected chi connectivity index (χ1v) is 9.43. The number of carbonyl (C=O) groups is 1. The Kier molecular flexibility index (Phi) is 5.51. The second-order valence-electron chi connectivity index (χ2n) is 8.58. The Morgan fingerprint density at radius 1 is 1.28 bits per heavy atom. The molecule has 1 atom stereocenters. The summed E-state index contributed by atoms with van der Waals surface area (Å²) in [5.74, 6) is 0.678. The van der Waals surface area contributed by atoms with Gasteiger partial charge < -0.3 is 15.2 Å². The smallest absolute Gasteiger partial charge is 0.334 e. The second-order valence-corrected chi connectivity index (χ2v) is 8.58. The van der Waals surface area contributed by atoms with Crippen LogP contribution >= 0.6 is 0 Å². The number of nitrogens with one attached hydrogen (secondary N) is 1. The van der Waals surface area contributed by atoms with Crippen molar-refractivity contribution in [1.82, 2.24) is 15.4 Å². The van der Waals surface area contributed by atoms with Crippen molar-refractivity contribution >= 4 is 11.8 Å². The third-order valence-corrected chi connectivity index (χ3v) is 4.88. The van der Waals surface area contributed by atoms with Gasteiger partial charge in [-0.05, 0) is 44.5 Å². The number of fused-ring (bicyclic) bond motifs is 3. The van der Waals surface area contributed by atoms with Crippen LogP contribution in [0.4, 0.5) is 5.82 Å². The first kappa shape index (κ1) is 21.0. The van der Waals surface area contributed by atoms with Crippen molar-refractivity contribution in [3.05, 3.63) is 35.7 Å². The molecule has 0 spiro atoms. The zero-order chi connectivity index (χ0) is 21.4. The lowest BCUT2D eigenvalue weighted by atomic mass is 9.68. The molecular formula is C21H28N4O4. The van der Waals surface area contributed by atoms with Gasteiger partial charge in [0.05, 0.1) is 18.8 Å². The number of methoxy groups -OCH3 is 1. The van der Waals surface area contributed by atoms with E-state index < -0.39 is 17.0 Å². The lowest BCUT2D eigenvalue weighted by Gasteiger charge is -2.41. The monoisotopic (exact) mass is 400 g/mol. The van der Waals surface area contributed by atoms with Gasteiger partial charge in [-0.25, -0.2) is 14.8 Å². The van der Waals surface area contributed by atoms with Crippen LogP contribution in [0.2, 0.25) is 0 Å². The molecule has 1 heterocycles. The number of benzene rings is 1. The number of carbonyl (C=O) groups excluding carboxylic acids is 1. The molecule has 0 aliphatic heterocycles. The molecular weight excluding hydrogens is 372 g/mol. The van der Waals surface area contributed by atoms with Crippen LogP contribution in [0.15, 0.2) is 24.5 Å². The van der Waals surface area contributed by atoms with Crippen molar-refractivity contribution in [2.45, 2.75) is 51.7 Å². The maximum atomic E-state index is 12.0. The van der Waals surface area contributed by atoms with E-state index in [1.165, 1.54) is 6.33 Å². The Balaban J connectivity index is 1.94. The number of ether oxygens (including phenoxy) is 2. The molecule has 1 aromatic carbocycles. The van der Waals surface area contributed by atoms with E-state index in [2.05, 4.69) is 15.4 Å². The molecule has 1 aliphatic rings. The molecule has 0 saturated heterocycles. The highest BCUT2D eigenvalue weighted by Crippen LogP contribution is 2.50. The van der Waals surface area contributed by atoms with Crippen LogP contribution in [0.5, 0.6) is 5.75 Å². The first-order valence-electron chi connectivity index (χ1n) is 9.43. The summed E-state index contributed by atoms with van der Waals surface area (Å²) in [5, 5.41) is 0. The first-order chi connectivity index (χ1) is 13.5. The van der Waals surface area contributed by atoms with Crippen LogP contribution < -0.4 is 16.0 Å². The molecule has 0 saturated carbocycles. The molecule has 1 unspecified atom stereocenters. The Labute approximate surface area is 170 Å². The zero-order valence-electron chi connectivity index (χ0n) is 17.7. The predicted molar refractivity (Wildman–Crippen MR) is 109 cm³/mol. The predicted octanol–water partition coefficient (Wildman–Crippen LogP) is 2.93. The van der Waals surface area contributed by atoms with Crippen molar-refractivity contribution in [3.63, 3.8) is 0 Å². The summed E-state index contributed by atoms with van der Waals surface area (Å²) in [5.41, 5.74) is 11.6. The fourth-order valence-corrected chi connectivity index (χ4v) is 3.66. The van der Waals surface area contributed by atoms with Crippen molar-refractivity contribution < 1.29 is 19.1 Å². The third kappa shape index (κ3) is 4.18. The van der Waals surface area contributed by atoms with E-state index in [1.807, 2.05) is 52.8 Å². The molecule has 0 radical (unpaired) electrons. The molecule has 3 N–H and O–H groups in total. The van der Waals surface area contributed by atoms with Gasteiger partial charge in [-0.1, -0.05) is 13.8 Å². The van der Waals surface area contributed by atoms with E-state index in [4.69, 9.17) is 20.0 Å². The molecule has 2 aromatic rings. The summed E-state index contributed by atoms with van der Waals surface area (Å²) in [4.78, 5) is 26.2. The highest BCUT2D eigenvalue weighted by atomic mass is 16.7. The third-order valence-electron chi connectivity index (χ3n) is 4.88. The van der Waals surface area contributed by atoms with E-state index in [9.17, 15) is 4.79 Å². The molecule has 8 nitrogen and oxygen atoms in total. The van der Waals surface area contributed by atoms with Gasteiger partial charge in [0.2, 0.25) is 0 Å². The van der Waals surface area contributed by atoms with Crippen molar-refractivity contribution in [2.24, 2.45) is 0 Å². The van der Waals surface area contributed by atoms with Crippen molar-refractivity contribution in [2.75, 3.05) is 19.5 Å². The molecule has 0 amide bonds. The molecule has 8 heteroatoms. The van der Waals surface area contributed by atoms with Gasteiger partial charge in [0.1, 0.15) is 23.5 Å². The van der Waals surface area contributed by atoms with Gasteiger partial charge in [-0.3, -0.25) is 4.84 Å². The van der Waals surface area contributed by atoms with E-state index in [-0.39, 0.29) is 12.6 Å². The number of hydrogen-bond acceptors (Lipinski definition) is 8. The number of aromatic nitrogens is 2. The van der Waals surface area contributed by atoms with Gasteiger partial charge in [-0.15, -0.1) is 0 Å². The van der Waals surface area contributed by atoms with Gasteiger partial charge in [0.25, 0.3) is 0 Å². The molecule has 0 bridgehead atoms. The molecule has 1 aliphatic carbocycles. The minimum absolute atomic E-state index is 0.225. The number of nitrogens with zero attached hydrogens (tertiary/aromatic N) is 2. The lowest BCUT2D eigenvalue weighted by Crippen LogP contribution is -2.42. The van der Waals surface area contributed by atoms with Gasteiger partial charge in [0.15, 0.2) is 6.61 Å². The summed E-state index contributed by atoms with van der Waals surface area (Å²) in [6.07, 6.45) is 1.46. The molecule has 0 fully saturated rings. The average molecular weight is 400 g/mol. The van der Waals surface area contributed by atoms with Crippen molar-refractivity contribution in [3.8, 4) is 17.0 Å². The van der Waals surface area contributed by atoms with Crippen LogP contribution in [-0.4, -0.2) is 35.3 Å². The van der Waals surface area contributed by atoms with Gasteiger partial charge in [0, 0.05) is 16.5 Å². The Morgan fingerprint density at radius 3 is 2.66 bits per heavy atom. The maximum absolute atomic E-state index is 12.0. The van der Waals surface area contributed by atoms with Crippen LogP contribution in [0.3, 0.4) is 0 Å². The summed E-state index contributed by atoms with van der Waals surface area (Å²) >= 11 is 0. The summed E-state index contributed by atoms with van der Waals surface area (Å²) < 4.78 is 10.7. The SMILES string of the molecule is COc1ccc2c(c1)C(NOCC(=O)OC(C)(C)C)C(C)(C)c1c(N)ncnc1-2. The number of hydroxylamine groups is 1. The maximum Gasteiger partial charge on any atom is 0.334 e. The summed E-state index contributed by atoms with van der Waals surface area (Å²) in [7, 11) is 1.62. The molecule has 29 heavy (non-hydrogen) atoms. The summed E-state index contributed by atoms with van der Waals surface area (Å²) in [6, 6.07) is 5.43. The van der Waals surface area contributed by atoms with Gasteiger partial charge in [-0.2, -0.15) is 5.48 Å². The fourth-order valence-electron chi connectivity index (χ4n) is 3.66. The number of anilines is 1. The summed E-state index contributed by atoms with van der Waals surface area (Å²) in [6.45, 7) is 9.27. The van der Waals surface area contributed by atoms with Gasteiger partial charge >= 0.3 is 5.97 Å². The minimum Gasteiger partial charge on any atom is -0.497 e. The molecule has 1 aromatic heterocycles. The molecule has 3 rings (SSSR count). The highest BCUT2D eigenvalue weighted by Gasteiger charge is 2.43. The topological polar surface area (TPSA) is 109 Å². The van der Waals surface area contributed by atoms with E-state index in [0.29, 0.717) is 11.6 Å². The highest BCUT2D eigenvalue weighted by molar-refractivity contribution is 5.77. The quantitative estimate of drug-likeness (QED) is 0.582. The van der Waals surface area contributed by atoms with Crippen LogP contribution in [0, 0.1) is 0 Å². The van der Waals surface area contributed by atoms with Crippen molar-refractivity contribution in [1.29, 1.82) is 0 Å². The fraction of sp³-hybridized carbons (Fsp3) is 0.476. The average Bonchev–Trinajstić information content (AvgIpc) is 2.62. The van der Waals surface area contributed by atoms with Crippen LogP contribution in [-0.2, 0) is 19.8 Å². The Bertz CT molecular complexity index is 921. The standard InChI is InChI=1S/C21H28N4O4/c1-20(2,3)29-15(26)10-28-25-18-14-9-12(27-6)7-8-13(14)17-16(21(18,4)5)19(22)24-11-23-17/h7-9,11,18,25H,10H2,1-6H3,(H2,22,23,24). The normalized spacial score (nSPS) is 17.2. The van der Waals surface area contributed by atoms with Crippen LogP contribution in [0.1, 0.15) is 51.8 Å². The molecule has 156 valence electrons. The number of nitrogens with two attached hydrogens (primary N) is 1. The number of nitrogen functional groups attached to an aromatic ring is 1. The largest absolute Gasteiger partial charge is 0.497 e. The Morgan fingerprint density at radius 2 is 2.00 bits per heavy atom.